The number of fused-ring (bicyclic) bond motifs is 1. The molecule has 0 atom stereocenters. The Kier molecular flexibility index (Phi) is 4.49. The Balaban J connectivity index is 1.80. The zero-order chi connectivity index (χ0) is 20.3. The summed E-state index contributed by atoms with van der Waals surface area (Å²) < 4.78 is 15.9. The van der Waals surface area contributed by atoms with Crippen molar-refractivity contribution >= 4 is 35.1 Å². The Bertz CT molecular complexity index is 1100. The van der Waals surface area contributed by atoms with E-state index in [1.807, 2.05) is 74.8 Å². The molecule has 1 aliphatic heterocycles. The standard InChI is InChI=1S/C21H24BClN2O3/c1-20(2)21(3,4)28-22(27-20)15-10-11-16-18(12-15)25(24(5)19(16)26)13-14-8-6-7-9-17(14)23/h6-12H,13H2,1-5H3. The van der Waals surface area contributed by atoms with Gasteiger partial charge in [0.2, 0.25) is 0 Å². The van der Waals surface area contributed by atoms with E-state index in [1.165, 1.54) is 0 Å². The van der Waals surface area contributed by atoms with Gasteiger partial charge in [-0.1, -0.05) is 35.9 Å². The molecule has 0 saturated carbocycles. The molecule has 0 N–H and O–H groups in total. The number of halogens is 1. The Labute approximate surface area is 169 Å². The first-order valence-corrected chi connectivity index (χ1v) is 9.77. The summed E-state index contributed by atoms with van der Waals surface area (Å²) in [7, 11) is 1.30. The van der Waals surface area contributed by atoms with E-state index in [2.05, 4.69) is 0 Å². The monoisotopic (exact) mass is 398 g/mol. The second kappa shape index (κ2) is 6.51. The second-order valence-electron chi connectivity index (χ2n) is 8.34. The fourth-order valence-corrected chi connectivity index (χ4v) is 3.69. The lowest BCUT2D eigenvalue weighted by Gasteiger charge is -2.32. The van der Waals surface area contributed by atoms with E-state index >= 15 is 0 Å². The van der Waals surface area contributed by atoms with Gasteiger partial charge in [-0.15, -0.1) is 0 Å². The van der Waals surface area contributed by atoms with E-state index in [0.717, 1.165) is 16.5 Å². The van der Waals surface area contributed by atoms with Gasteiger partial charge in [-0.3, -0.25) is 14.2 Å². The molecule has 2 heterocycles. The maximum atomic E-state index is 12.7. The molecule has 4 rings (SSSR count). The van der Waals surface area contributed by atoms with Crippen molar-refractivity contribution in [3.63, 3.8) is 0 Å². The molecule has 0 bridgehead atoms. The summed E-state index contributed by atoms with van der Waals surface area (Å²) in [6.45, 7) is 8.62. The van der Waals surface area contributed by atoms with Crippen molar-refractivity contribution in [3.8, 4) is 0 Å². The first-order chi connectivity index (χ1) is 13.1. The molecule has 3 aromatic rings. The molecule has 0 aliphatic carbocycles. The summed E-state index contributed by atoms with van der Waals surface area (Å²) in [5, 5.41) is 1.34. The van der Waals surface area contributed by atoms with Crippen LogP contribution >= 0.6 is 11.6 Å². The van der Waals surface area contributed by atoms with Crippen LogP contribution in [0.3, 0.4) is 0 Å². The topological polar surface area (TPSA) is 45.4 Å². The summed E-state index contributed by atoms with van der Waals surface area (Å²) in [5.74, 6) is 0. The van der Waals surface area contributed by atoms with Crippen molar-refractivity contribution < 1.29 is 9.31 Å². The van der Waals surface area contributed by atoms with E-state index < -0.39 is 18.3 Å². The average molecular weight is 399 g/mol. The molecular formula is C21H24BClN2O3. The number of nitrogens with zero attached hydrogens (tertiary/aromatic N) is 2. The van der Waals surface area contributed by atoms with Crippen LogP contribution in [-0.4, -0.2) is 27.7 Å². The predicted octanol–water partition coefficient (Wildman–Crippen LogP) is 3.34. The molecule has 0 radical (unpaired) electrons. The number of benzene rings is 2. The summed E-state index contributed by atoms with van der Waals surface area (Å²) in [6.07, 6.45) is 0. The number of hydrogen-bond acceptors (Lipinski definition) is 3. The Hall–Kier alpha value is -2.02. The smallest absolute Gasteiger partial charge is 0.399 e. The summed E-state index contributed by atoms with van der Waals surface area (Å²) in [6, 6.07) is 13.4. The van der Waals surface area contributed by atoms with E-state index in [1.54, 1.807) is 11.7 Å². The molecule has 28 heavy (non-hydrogen) atoms. The van der Waals surface area contributed by atoms with Gasteiger partial charge in [-0.2, -0.15) is 0 Å². The summed E-state index contributed by atoms with van der Waals surface area (Å²) in [5.41, 5.74) is 1.81. The van der Waals surface area contributed by atoms with Crippen LogP contribution in [0.25, 0.3) is 10.9 Å². The van der Waals surface area contributed by atoms with Gasteiger partial charge >= 0.3 is 7.12 Å². The highest BCUT2D eigenvalue weighted by molar-refractivity contribution is 6.62. The van der Waals surface area contributed by atoms with Crippen molar-refractivity contribution in [1.82, 2.24) is 9.36 Å². The van der Waals surface area contributed by atoms with Gasteiger partial charge < -0.3 is 9.31 Å². The van der Waals surface area contributed by atoms with Gasteiger partial charge in [0.25, 0.3) is 5.56 Å². The summed E-state index contributed by atoms with van der Waals surface area (Å²) in [4.78, 5) is 12.7. The maximum Gasteiger partial charge on any atom is 0.494 e. The third-order valence-electron chi connectivity index (χ3n) is 5.99. The zero-order valence-corrected chi connectivity index (χ0v) is 17.6. The molecule has 0 amide bonds. The van der Waals surface area contributed by atoms with E-state index in [-0.39, 0.29) is 5.56 Å². The van der Waals surface area contributed by atoms with Crippen LogP contribution in [0.1, 0.15) is 33.3 Å². The van der Waals surface area contributed by atoms with Crippen molar-refractivity contribution in [2.24, 2.45) is 7.05 Å². The third kappa shape index (κ3) is 3.00. The fourth-order valence-electron chi connectivity index (χ4n) is 3.49. The quantitative estimate of drug-likeness (QED) is 0.636. The Morgan fingerprint density at radius 3 is 2.32 bits per heavy atom. The van der Waals surface area contributed by atoms with E-state index in [0.29, 0.717) is 17.0 Å². The lowest BCUT2D eigenvalue weighted by Crippen LogP contribution is -2.41. The van der Waals surface area contributed by atoms with Gasteiger partial charge in [0.15, 0.2) is 0 Å². The SMILES string of the molecule is Cn1c(=O)c2ccc(B3OC(C)(C)C(C)(C)O3)cc2n1Cc1ccccc1Cl. The molecule has 2 aromatic carbocycles. The maximum absolute atomic E-state index is 12.7. The number of rotatable bonds is 3. The normalized spacial score (nSPS) is 18.1. The first kappa shape index (κ1) is 19.3. The van der Waals surface area contributed by atoms with Crippen LogP contribution in [0.4, 0.5) is 0 Å². The van der Waals surface area contributed by atoms with Crippen LogP contribution in [0, 0.1) is 0 Å². The van der Waals surface area contributed by atoms with Crippen molar-refractivity contribution in [1.29, 1.82) is 0 Å². The van der Waals surface area contributed by atoms with Crippen molar-refractivity contribution in [2.45, 2.75) is 45.4 Å². The lowest BCUT2D eigenvalue weighted by molar-refractivity contribution is 0.00578. The van der Waals surface area contributed by atoms with E-state index in [9.17, 15) is 4.79 Å². The second-order valence-corrected chi connectivity index (χ2v) is 8.75. The molecule has 1 aliphatic rings. The molecule has 1 fully saturated rings. The van der Waals surface area contributed by atoms with Gasteiger partial charge in [0.05, 0.1) is 28.6 Å². The largest absolute Gasteiger partial charge is 0.494 e. The van der Waals surface area contributed by atoms with Crippen LogP contribution in [0.15, 0.2) is 47.3 Å². The highest BCUT2D eigenvalue weighted by Gasteiger charge is 2.51. The van der Waals surface area contributed by atoms with Gasteiger partial charge in [-0.05, 0) is 56.9 Å². The third-order valence-corrected chi connectivity index (χ3v) is 6.36. The van der Waals surface area contributed by atoms with Gasteiger partial charge in [0.1, 0.15) is 0 Å². The minimum atomic E-state index is -0.474. The molecule has 0 unspecified atom stereocenters. The van der Waals surface area contributed by atoms with Gasteiger partial charge in [0, 0.05) is 12.1 Å². The molecule has 0 spiro atoms. The lowest BCUT2D eigenvalue weighted by atomic mass is 9.79. The molecule has 1 aromatic heterocycles. The molecule has 5 nitrogen and oxygen atoms in total. The number of hydrogen-bond donors (Lipinski definition) is 0. The molecule has 1 saturated heterocycles. The fraction of sp³-hybridized carbons (Fsp3) is 0.381. The first-order valence-electron chi connectivity index (χ1n) is 9.39. The highest BCUT2D eigenvalue weighted by atomic mass is 35.5. The minimum Gasteiger partial charge on any atom is -0.399 e. The average Bonchev–Trinajstić information content (AvgIpc) is 3.00. The van der Waals surface area contributed by atoms with Crippen LogP contribution in [0.5, 0.6) is 0 Å². The van der Waals surface area contributed by atoms with Crippen LogP contribution < -0.4 is 11.0 Å². The van der Waals surface area contributed by atoms with Crippen LogP contribution in [-0.2, 0) is 22.9 Å². The highest BCUT2D eigenvalue weighted by Crippen LogP contribution is 2.36. The van der Waals surface area contributed by atoms with Crippen molar-refractivity contribution in [2.75, 3.05) is 0 Å². The summed E-state index contributed by atoms with van der Waals surface area (Å²) >= 11 is 6.34. The predicted molar refractivity (Wildman–Crippen MR) is 113 cm³/mol. The van der Waals surface area contributed by atoms with Crippen LogP contribution in [0.2, 0.25) is 5.02 Å². The Morgan fingerprint density at radius 1 is 1.04 bits per heavy atom. The zero-order valence-electron chi connectivity index (χ0n) is 16.8. The van der Waals surface area contributed by atoms with E-state index in [4.69, 9.17) is 20.9 Å². The molecular weight excluding hydrogens is 375 g/mol. The minimum absolute atomic E-state index is 0.0393. The molecule has 7 heteroatoms. The van der Waals surface area contributed by atoms with Crippen molar-refractivity contribution in [3.05, 3.63) is 63.4 Å². The molecule has 146 valence electrons. The van der Waals surface area contributed by atoms with Gasteiger partial charge in [-0.25, -0.2) is 0 Å². The number of aromatic nitrogens is 2. The Morgan fingerprint density at radius 2 is 1.68 bits per heavy atom.